The van der Waals surface area contributed by atoms with Crippen LogP contribution in [-0.4, -0.2) is 42.5 Å². The second-order valence-electron chi connectivity index (χ2n) is 7.06. The molecule has 0 aromatic carbocycles. The maximum absolute atomic E-state index is 12.7. The third kappa shape index (κ3) is 2.41. The lowest BCUT2D eigenvalue weighted by Gasteiger charge is -2.32. The number of carbonyl (C=O) groups excluding carboxylic acids is 2. The first kappa shape index (κ1) is 17.5. The molecule has 136 valence electrons. The smallest absolute Gasteiger partial charge is 0.425 e. The van der Waals surface area contributed by atoms with Gasteiger partial charge in [0.05, 0.1) is 12.2 Å². The zero-order valence-corrected chi connectivity index (χ0v) is 13.8. The van der Waals surface area contributed by atoms with E-state index in [9.17, 15) is 22.8 Å². The van der Waals surface area contributed by atoms with Crippen molar-refractivity contribution in [2.75, 3.05) is 0 Å². The number of alkyl halides is 3. The fraction of sp³-hybridized carbons (Fsp3) is 0.875. The van der Waals surface area contributed by atoms with Gasteiger partial charge in [-0.1, -0.05) is 6.92 Å². The summed E-state index contributed by atoms with van der Waals surface area (Å²) < 4.78 is 53.8. The molecule has 2 aliphatic carbocycles. The van der Waals surface area contributed by atoms with Gasteiger partial charge in [0, 0.05) is 5.92 Å². The Bertz CT molecular complexity index is 548. The fourth-order valence-corrected chi connectivity index (χ4v) is 4.15. The van der Waals surface area contributed by atoms with Crippen LogP contribution < -0.4 is 0 Å². The maximum atomic E-state index is 12.7. The fourth-order valence-electron chi connectivity index (χ4n) is 4.15. The van der Waals surface area contributed by atoms with Crippen molar-refractivity contribution in [3.05, 3.63) is 0 Å². The van der Waals surface area contributed by atoms with Gasteiger partial charge >= 0.3 is 18.1 Å². The first-order chi connectivity index (χ1) is 11.1. The van der Waals surface area contributed by atoms with Gasteiger partial charge in [0.25, 0.3) is 0 Å². The topological polar surface area (TPSA) is 61.8 Å². The molecule has 2 bridgehead atoms. The minimum Gasteiger partial charge on any atom is -0.458 e. The summed E-state index contributed by atoms with van der Waals surface area (Å²) in [4.78, 5) is 24.7. The summed E-state index contributed by atoms with van der Waals surface area (Å²) in [6, 6.07) is 0. The molecule has 3 rings (SSSR count). The highest BCUT2D eigenvalue weighted by Crippen LogP contribution is 2.63. The quantitative estimate of drug-likeness (QED) is 0.563. The van der Waals surface area contributed by atoms with E-state index in [2.05, 4.69) is 4.74 Å². The molecule has 0 spiro atoms. The molecule has 24 heavy (non-hydrogen) atoms. The molecule has 3 aliphatic rings. The first-order valence-corrected chi connectivity index (χ1v) is 8.25. The summed E-state index contributed by atoms with van der Waals surface area (Å²) in [5.74, 6) is -2.42. The second-order valence-corrected chi connectivity index (χ2v) is 7.06. The highest BCUT2D eigenvalue weighted by atomic mass is 19.4. The molecule has 0 aromatic heterocycles. The Hall–Kier alpha value is -1.31. The van der Waals surface area contributed by atoms with Gasteiger partial charge in [0.15, 0.2) is 11.5 Å². The van der Waals surface area contributed by atoms with Crippen molar-refractivity contribution >= 4 is 11.9 Å². The van der Waals surface area contributed by atoms with Crippen molar-refractivity contribution in [3.8, 4) is 0 Å². The molecular weight excluding hydrogens is 329 g/mol. The molecule has 1 aliphatic heterocycles. The maximum Gasteiger partial charge on any atom is 0.425 e. The Kier molecular flexibility index (Phi) is 4.09. The lowest BCUT2D eigenvalue weighted by atomic mass is 9.73. The van der Waals surface area contributed by atoms with Crippen molar-refractivity contribution in [3.63, 3.8) is 0 Å². The Morgan fingerprint density at radius 3 is 2.67 bits per heavy atom. The van der Waals surface area contributed by atoms with Crippen molar-refractivity contribution in [1.82, 2.24) is 0 Å². The normalized spacial score (nSPS) is 39.7. The van der Waals surface area contributed by atoms with Crippen LogP contribution in [0.3, 0.4) is 0 Å². The minimum absolute atomic E-state index is 0.0137. The third-order valence-electron chi connectivity index (χ3n) is 5.64. The van der Waals surface area contributed by atoms with E-state index in [4.69, 9.17) is 9.47 Å². The SMILES string of the molecule is CCC(C)OC1C2CC3C1OC(=O)C3(C(=O)OC(C)C(F)(F)F)C2. The van der Waals surface area contributed by atoms with Crippen LogP contribution >= 0.6 is 0 Å². The summed E-state index contributed by atoms with van der Waals surface area (Å²) in [6.07, 6.45) is -6.32. The predicted octanol–water partition coefficient (Wildman–Crippen LogP) is 2.62. The number of hydrogen-bond donors (Lipinski definition) is 0. The Morgan fingerprint density at radius 2 is 2.08 bits per heavy atom. The van der Waals surface area contributed by atoms with Gasteiger partial charge in [-0.15, -0.1) is 0 Å². The van der Waals surface area contributed by atoms with Crippen LogP contribution in [0.15, 0.2) is 0 Å². The van der Waals surface area contributed by atoms with Crippen LogP contribution in [0.2, 0.25) is 0 Å². The van der Waals surface area contributed by atoms with E-state index in [1.807, 2.05) is 13.8 Å². The zero-order chi connectivity index (χ0) is 17.9. The highest BCUT2D eigenvalue weighted by Gasteiger charge is 2.75. The largest absolute Gasteiger partial charge is 0.458 e. The number of carbonyl (C=O) groups is 2. The number of halogens is 3. The summed E-state index contributed by atoms with van der Waals surface area (Å²) in [5, 5.41) is 0. The highest BCUT2D eigenvalue weighted by molar-refractivity contribution is 6.03. The van der Waals surface area contributed by atoms with Crippen molar-refractivity contribution in [1.29, 1.82) is 0 Å². The monoisotopic (exact) mass is 350 g/mol. The second kappa shape index (κ2) is 5.61. The molecule has 0 N–H and O–H groups in total. The molecule has 2 saturated carbocycles. The van der Waals surface area contributed by atoms with E-state index in [-0.39, 0.29) is 24.5 Å². The molecule has 0 radical (unpaired) electrons. The van der Waals surface area contributed by atoms with Crippen LogP contribution in [-0.2, 0) is 23.8 Å². The molecule has 7 atom stereocenters. The van der Waals surface area contributed by atoms with Gasteiger partial charge in [0.2, 0.25) is 0 Å². The molecule has 8 heteroatoms. The van der Waals surface area contributed by atoms with Crippen LogP contribution in [0.5, 0.6) is 0 Å². The Balaban J connectivity index is 1.77. The average Bonchev–Trinajstić information content (AvgIpc) is 3.08. The third-order valence-corrected chi connectivity index (χ3v) is 5.64. The molecule has 1 saturated heterocycles. The number of esters is 2. The number of fused-ring (bicyclic) bond motifs is 1. The number of hydrogen-bond acceptors (Lipinski definition) is 5. The van der Waals surface area contributed by atoms with E-state index >= 15 is 0 Å². The Labute approximate surface area is 137 Å². The summed E-state index contributed by atoms with van der Waals surface area (Å²) in [7, 11) is 0. The molecule has 3 fully saturated rings. The Morgan fingerprint density at radius 1 is 1.42 bits per heavy atom. The van der Waals surface area contributed by atoms with Crippen molar-refractivity contribution in [2.45, 2.75) is 70.6 Å². The lowest BCUT2D eigenvalue weighted by Crippen LogP contribution is -2.47. The molecule has 7 unspecified atom stereocenters. The van der Waals surface area contributed by atoms with E-state index in [1.54, 1.807) is 0 Å². The molecule has 0 aromatic rings. The zero-order valence-electron chi connectivity index (χ0n) is 13.8. The predicted molar refractivity (Wildman–Crippen MR) is 74.8 cm³/mol. The molecule has 0 amide bonds. The summed E-state index contributed by atoms with van der Waals surface area (Å²) >= 11 is 0. The van der Waals surface area contributed by atoms with Gasteiger partial charge in [-0.25, -0.2) is 0 Å². The van der Waals surface area contributed by atoms with E-state index in [1.165, 1.54) is 0 Å². The van der Waals surface area contributed by atoms with Gasteiger partial charge in [0.1, 0.15) is 6.10 Å². The van der Waals surface area contributed by atoms with Gasteiger partial charge in [-0.05, 0) is 39.0 Å². The minimum atomic E-state index is -4.66. The first-order valence-electron chi connectivity index (χ1n) is 8.25. The van der Waals surface area contributed by atoms with Gasteiger partial charge in [-0.3, -0.25) is 9.59 Å². The molecule has 5 nitrogen and oxygen atoms in total. The average molecular weight is 350 g/mol. The van der Waals surface area contributed by atoms with Crippen LogP contribution in [0.25, 0.3) is 0 Å². The van der Waals surface area contributed by atoms with Crippen LogP contribution in [0.4, 0.5) is 13.2 Å². The summed E-state index contributed by atoms with van der Waals surface area (Å²) in [6.45, 7) is 4.64. The van der Waals surface area contributed by atoms with Gasteiger partial charge < -0.3 is 14.2 Å². The van der Waals surface area contributed by atoms with Crippen LogP contribution in [0.1, 0.15) is 40.0 Å². The number of ether oxygens (including phenoxy) is 3. The summed E-state index contributed by atoms with van der Waals surface area (Å²) in [5.41, 5.74) is -1.59. The lowest BCUT2D eigenvalue weighted by molar-refractivity contribution is -0.222. The molecule has 1 heterocycles. The van der Waals surface area contributed by atoms with E-state index in [0.717, 1.165) is 13.3 Å². The van der Waals surface area contributed by atoms with Gasteiger partial charge in [-0.2, -0.15) is 13.2 Å². The van der Waals surface area contributed by atoms with Crippen LogP contribution in [0, 0.1) is 17.3 Å². The standard InChI is InChI=1S/C16H21F3O5/c1-4-7(2)22-11-9-5-10-12(11)24-14(21)15(10,6-9)13(20)23-8(3)16(17,18)19/h7-12H,4-6H2,1-3H3. The van der Waals surface area contributed by atoms with Crippen molar-refractivity contribution in [2.24, 2.45) is 17.3 Å². The van der Waals surface area contributed by atoms with Crippen molar-refractivity contribution < 1.29 is 37.0 Å². The van der Waals surface area contributed by atoms with E-state index in [0.29, 0.717) is 6.42 Å². The molecular formula is C16H21F3O5. The van der Waals surface area contributed by atoms with E-state index < -0.39 is 41.7 Å². The number of rotatable bonds is 5.